The third-order valence-corrected chi connectivity index (χ3v) is 4.50. The maximum atomic E-state index is 12.0. The summed E-state index contributed by atoms with van der Waals surface area (Å²) in [7, 11) is 0. The number of hydrogen-bond acceptors (Lipinski definition) is 3. The lowest BCUT2D eigenvalue weighted by Crippen LogP contribution is -2.35. The lowest BCUT2D eigenvalue weighted by atomic mass is 10.2. The zero-order valence-electron chi connectivity index (χ0n) is 12.6. The molecule has 0 aliphatic heterocycles. The van der Waals surface area contributed by atoms with Crippen molar-refractivity contribution >= 4 is 28.9 Å². The molecule has 1 aromatic rings. The summed E-state index contributed by atoms with van der Waals surface area (Å²) in [6, 6.07) is 5.82. The molecule has 0 aromatic heterocycles. The summed E-state index contributed by atoms with van der Waals surface area (Å²) in [5.74, 6) is 0.0215. The molecule has 0 bridgehead atoms. The van der Waals surface area contributed by atoms with Gasteiger partial charge in [-0.05, 0) is 37.6 Å². The summed E-state index contributed by atoms with van der Waals surface area (Å²) in [5.41, 5.74) is 6.91. The molecule has 0 spiro atoms. The van der Waals surface area contributed by atoms with Crippen LogP contribution in [0.1, 0.15) is 39.0 Å². The molecular weight excluding hydrogens is 286 g/mol. The summed E-state index contributed by atoms with van der Waals surface area (Å²) in [6.07, 6.45) is 5.67. The second kappa shape index (κ2) is 7.66. The van der Waals surface area contributed by atoms with Gasteiger partial charge >= 0.3 is 0 Å². The molecule has 21 heavy (non-hydrogen) atoms. The van der Waals surface area contributed by atoms with Gasteiger partial charge in [-0.1, -0.05) is 31.4 Å². The van der Waals surface area contributed by atoms with E-state index < -0.39 is 0 Å². The lowest BCUT2D eigenvalue weighted by Gasteiger charge is -2.27. The van der Waals surface area contributed by atoms with Gasteiger partial charge in [-0.15, -0.1) is 0 Å². The van der Waals surface area contributed by atoms with Crippen molar-refractivity contribution in [3.63, 3.8) is 0 Å². The predicted octanol–water partition coefficient (Wildman–Crippen LogP) is 3.52. The predicted molar refractivity (Wildman–Crippen MR) is 88.6 cm³/mol. The molecule has 1 fully saturated rings. The van der Waals surface area contributed by atoms with Crippen molar-refractivity contribution in [1.29, 1.82) is 0 Å². The number of nitrogens with two attached hydrogens (primary N) is 1. The van der Waals surface area contributed by atoms with Gasteiger partial charge in [-0.25, -0.2) is 0 Å². The zero-order valence-corrected chi connectivity index (χ0v) is 13.3. The molecule has 3 N–H and O–H groups in total. The minimum absolute atomic E-state index is 0.0215. The van der Waals surface area contributed by atoms with E-state index in [2.05, 4.69) is 17.1 Å². The highest BCUT2D eigenvalue weighted by atomic mass is 35.5. The molecule has 116 valence electrons. The van der Waals surface area contributed by atoms with Crippen LogP contribution in [0.2, 0.25) is 5.02 Å². The molecule has 0 unspecified atom stereocenters. The van der Waals surface area contributed by atoms with Crippen molar-refractivity contribution in [2.24, 2.45) is 0 Å². The molecule has 1 aliphatic rings. The molecule has 2 rings (SSSR count). The van der Waals surface area contributed by atoms with E-state index in [9.17, 15) is 4.79 Å². The Labute approximate surface area is 131 Å². The molecule has 0 atom stereocenters. The third kappa shape index (κ3) is 4.61. The largest absolute Gasteiger partial charge is 0.397 e. The summed E-state index contributed by atoms with van der Waals surface area (Å²) in [6.45, 7) is 3.98. The van der Waals surface area contributed by atoms with Gasteiger partial charge in [0.2, 0.25) is 5.91 Å². The van der Waals surface area contributed by atoms with Crippen molar-refractivity contribution in [2.75, 3.05) is 24.1 Å². The van der Waals surface area contributed by atoms with E-state index in [0.29, 0.717) is 28.9 Å². The fraction of sp³-hybridized carbons (Fsp3) is 0.562. The first kappa shape index (κ1) is 16.1. The van der Waals surface area contributed by atoms with E-state index in [-0.39, 0.29) is 5.91 Å². The van der Waals surface area contributed by atoms with Crippen LogP contribution in [0.3, 0.4) is 0 Å². The number of anilines is 2. The van der Waals surface area contributed by atoms with Gasteiger partial charge in [-0.3, -0.25) is 4.79 Å². The maximum absolute atomic E-state index is 12.0. The van der Waals surface area contributed by atoms with Crippen LogP contribution in [-0.4, -0.2) is 29.9 Å². The summed E-state index contributed by atoms with van der Waals surface area (Å²) in [4.78, 5) is 14.5. The topological polar surface area (TPSA) is 58.4 Å². The highest BCUT2D eigenvalue weighted by molar-refractivity contribution is 6.33. The molecular formula is C16H24ClN3O. The molecule has 1 amide bonds. The third-order valence-electron chi connectivity index (χ3n) is 4.15. The SMILES string of the molecule is CCN(CCC(=O)Nc1ccc(Cl)c(N)c1)C1CCCC1. The molecule has 5 heteroatoms. The number of nitrogens with zero attached hydrogens (tertiary/aromatic N) is 1. The monoisotopic (exact) mass is 309 g/mol. The number of amides is 1. The van der Waals surface area contributed by atoms with Gasteiger partial charge in [0, 0.05) is 24.7 Å². The summed E-state index contributed by atoms with van der Waals surface area (Å²) < 4.78 is 0. The van der Waals surface area contributed by atoms with Gasteiger partial charge in [0.15, 0.2) is 0 Å². The Bertz CT molecular complexity index is 486. The molecule has 1 aliphatic carbocycles. The molecule has 0 heterocycles. The van der Waals surface area contributed by atoms with Crippen LogP contribution in [0.25, 0.3) is 0 Å². The number of nitrogens with one attached hydrogen (secondary N) is 1. The number of benzene rings is 1. The van der Waals surface area contributed by atoms with Crippen LogP contribution in [0, 0.1) is 0 Å². The van der Waals surface area contributed by atoms with Crippen LogP contribution >= 0.6 is 11.6 Å². The van der Waals surface area contributed by atoms with E-state index in [4.69, 9.17) is 17.3 Å². The number of rotatable bonds is 6. The second-order valence-corrected chi connectivity index (χ2v) is 6.01. The minimum Gasteiger partial charge on any atom is -0.397 e. The molecule has 1 saturated carbocycles. The van der Waals surface area contributed by atoms with Gasteiger partial charge < -0.3 is 16.0 Å². The smallest absolute Gasteiger partial charge is 0.225 e. The molecule has 4 nitrogen and oxygen atoms in total. The van der Waals surface area contributed by atoms with E-state index in [0.717, 1.165) is 13.1 Å². The summed E-state index contributed by atoms with van der Waals surface area (Å²) >= 11 is 5.87. The average Bonchev–Trinajstić information content (AvgIpc) is 2.98. The highest BCUT2D eigenvalue weighted by Gasteiger charge is 2.21. The molecule has 1 aromatic carbocycles. The Morgan fingerprint density at radius 1 is 1.43 bits per heavy atom. The Hall–Kier alpha value is -1.26. The van der Waals surface area contributed by atoms with E-state index in [1.807, 2.05) is 0 Å². The Kier molecular flexibility index (Phi) is 5.88. The van der Waals surface area contributed by atoms with E-state index in [1.54, 1.807) is 18.2 Å². The fourth-order valence-electron chi connectivity index (χ4n) is 2.96. The number of carbonyl (C=O) groups is 1. The van der Waals surface area contributed by atoms with Crippen LogP contribution in [0.4, 0.5) is 11.4 Å². The first-order valence-corrected chi connectivity index (χ1v) is 8.07. The van der Waals surface area contributed by atoms with Gasteiger partial charge in [0.25, 0.3) is 0 Å². The van der Waals surface area contributed by atoms with E-state index >= 15 is 0 Å². The fourth-order valence-corrected chi connectivity index (χ4v) is 3.08. The Morgan fingerprint density at radius 2 is 2.14 bits per heavy atom. The van der Waals surface area contributed by atoms with Crippen molar-refractivity contribution in [3.8, 4) is 0 Å². The van der Waals surface area contributed by atoms with Crippen LogP contribution in [0.15, 0.2) is 18.2 Å². The standard InChI is InChI=1S/C16H24ClN3O/c1-2-20(13-5-3-4-6-13)10-9-16(21)19-12-7-8-14(17)15(18)11-12/h7-8,11,13H,2-6,9-10,18H2,1H3,(H,19,21). The number of halogens is 1. The molecule has 0 radical (unpaired) electrons. The van der Waals surface area contributed by atoms with Crippen molar-refractivity contribution < 1.29 is 4.79 Å². The van der Waals surface area contributed by atoms with Crippen molar-refractivity contribution in [1.82, 2.24) is 4.90 Å². The van der Waals surface area contributed by atoms with Crippen molar-refractivity contribution in [3.05, 3.63) is 23.2 Å². The van der Waals surface area contributed by atoms with Crippen molar-refractivity contribution in [2.45, 2.75) is 45.1 Å². The maximum Gasteiger partial charge on any atom is 0.225 e. The van der Waals surface area contributed by atoms with Crippen LogP contribution in [-0.2, 0) is 4.79 Å². The first-order valence-electron chi connectivity index (χ1n) is 7.69. The summed E-state index contributed by atoms with van der Waals surface area (Å²) in [5, 5.41) is 3.38. The van der Waals surface area contributed by atoms with Gasteiger partial charge in [0.05, 0.1) is 10.7 Å². The number of hydrogen-bond donors (Lipinski definition) is 2. The lowest BCUT2D eigenvalue weighted by molar-refractivity contribution is -0.116. The zero-order chi connectivity index (χ0) is 15.2. The van der Waals surface area contributed by atoms with E-state index in [1.165, 1.54) is 25.7 Å². The first-order chi connectivity index (χ1) is 10.1. The van der Waals surface area contributed by atoms with Gasteiger partial charge in [0.1, 0.15) is 0 Å². The van der Waals surface area contributed by atoms with Crippen LogP contribution in [0.5, 0.6) is 0 Å². The average molecular weight is 310 g/mol. The molecule has 0 saturated heterocycles. The number of nitrogen functional groups attached to an aromatic ring is 1. The highest BCUT2D eigenvalue weighted by Crippen LogP contribution is 2.24. The quantitative estimate of drug-likeness (QED) is 0.791. The Morgan fingerprint density at radius 3 is 2.76 bits per heavy atom. The van der Waals surface area contributed by atoms with Crippen LogP contribution < -0.4 is 11.1 Å². The minimum atomic E-state index is 0.0215. The normalized spacial score (nSPS) is 15.6. The van der Waals surface area contributed by atoms with Gasteiger partial charge in [-0.2, -0.15) is 0 Å². The number of carbonyl (C=O) groups excluding carboxylic acids is 1. The second-order valence-electron chi connectivity index (χ2n) is 5.60. The Balaban J connectivity index is 1.81.